The molecule has 1 aliphatic heterocycles. The van der Waals surface area contributed by atoms with E-state index >= 15 is 0 Å². The highest BCUT2D eigenvalue weighted by Crippen LogP contribution is 2.28. The van der Waals surface area contributed by atoms with Crippen LogP contribution in [-0.4, -0.2) is 64.5 Å². The molecule has 0 radical (unpaired) electrons. The third-order valence-corrected chi connectivity index (χ3v) is 3.78. The molecule has 0 aromatic heterocycles. The first-order chi connectivity index (χ1) is 9.33. The lowest BCUT2D eigenvalue weighted by atomic mass is 10.1. The minimum absolute atomic E-state index is 0.634. The summed E-state index contributed by atoms with van der Waals surface area (Å²) in [5.41, 5.74) is 0. The fourth-order valence-corrected chi connectivity index (χ4v) is 2.50. The lowest BCUT2D eigenvalue weighted by Gasteiger charge is -2.21. The topological polar surface area (TPSA) is 46.1 Å². The molecular weight excluding hydrogens is 242 g/mol. The quantitative estimate of drug-likeness (QED) is 0.425. The lowest BCUT2D eigenvalue weighted by Crippen LogP contribution is -2.41. The third kappa shape index (κ3) is 4.99. The van der Waals surface area contributed by atoms with E-state index in [-0.39, 0.29) is 0 Å². The van der Waals surface area contributed by atoms with E-state index in [2.05, 4.69) is 15.2 Å². The highest BCUT2D eigenvalue weighted by Gasteiger charge is 2.24. The summed E-state index contributed by atoms with van der Waals surface area (Å²) in [6.07, 6.45) is 3.89. The van der Waals surface area contributed by atoms with Crippen LogP contribution < -0.4 is 5.32 Å². The predicted octanol–water partition coefficient (Wildman–Crippen LogP) is 0.957. The van der Waals surface area contributed by atoms with Gasteiger partial charge in [-0.05, 0) is 25.2 Å². The summed E-state index contributed by atoms with van der Waals surface area (Å²) in [5.74, 6) is 2.47. The molecular formula is C14H27N3O2. The summed E-state index contributed by atoms with van der Waals surface area (Å²) in [7, 11) is 3.62. The van der Waals surface area contributed by atoms with Crippen LogP contribution in [0.4, 0.5) is 0 Å². The second-order valence-corrected chi connectivity index (χ2v) is 5.55. The summed E-state index contributed by atoms with van der Waals surface area (Å²) < 4.78 is 10.8. The number of guanidine groups is 1. The van der Waals surface area contributed by atoms with Crippen LogP contribution in [0.1, 0.15) is 19.3 Å². The Morgan fingerprint density at radius 2 is 2.11 bits per heavy atom. The normalized spacial score (nSPS) is 24.0. The molecule has 1 aliphatic carbocycles. The number of nitrogens with one attached hydrogen (secondary N) is 1. The van der Waals surface area contributed by atoms with Gasteiger partial charge >= 0.3 is 0 Å². The summed E-state index contributed by atoms with van der Waals surface area (Å²) in [6, 6.07) is 0. The number of aliphatic imine (C=N–C) groups is 1. The lowest BCUT2D eigenvalue weighted by molar-refractivity contribution is 0.128. The maximum atomic E-state index is 5.62. The Bertz CT molecular complexity index is 292. The summed E-state index contributed by atoms with van der Waals surface area (Å²) in [5, 5.41) is 3.38. The van der Waals surface area contributed by atoms with Gasteiger partial charge in [-0.1, -0.05) is 0 Å². The van der Waals surface area contributed by atoms with Crippen LogP contribution in [0.2, 0.25) is 0 Å². The molecule has 1 heterocycles. The fourth-order valence-electron chi connectivity index (χ4n) is 2.50. The number of nitrogens with zero attached hydrogens (tertiary/aromatic N) is 2. The zero-order chi connectivity index (χ0) is 13.5. The molecule has 5 heteroatoms. The number of rotatable bonds is 7. The number of methoxy groups -OCH3 is 1. The first-order valence-corrected chi connectivity index (χ1v) is 7.35. The Morgan fingerprint density at radius 1 is 1.26 bits per heavy atom. The van der Waals surface area contributed by atoms with Gasteiger partial charge in [0.05, 0.1) is 13.2 Å². The summed E-state index contributed by atoms with van der Waals surface area (Å²) in [4.78, 5) is 6.65. The van der Waals surface area contributed by atoms with Crippen LogP contribution >= 0.6 is 0 Å². The van der Waals surface area contributed by atoms with Crippen molar-refractivity contribution in [1.29, 1.82) is 0 Å². The molecule has 1 atom stereocenters. The average molecular weight is 269 g/mol. The molecule has 1 saturated heterocycles. The van der Waals surface area contributed by atoms with E-state index in [9.17, 15) is 0 Å². The molecule has 2 fully saturated rings. The smallest absolute Gasteiger partial charge is 0.193 e. The molecule has 2 aliphatic rings. The molecule has 110 valence electrons. The van der Waals surface area contributed by atoms with Gasteiger partial charge in [0.15, 0.2) is 5.96 Å². The molecule has 1 saturated carbocycles. The van der Waals surface area contributed by atoms with Crippen LogP contribution in [0.5, 0.6) is 0 Å². The van der Waals surface area contributed by atoms with Gasteiger partial charge < -0.3 is 19.7 Å². The maximum Gasteiger partial charge on any atom is 0.193 e. The monoisotopic (exact) mass is 269 g/mol. The van der Waals surface area contributed by atoms with E-state index in [0.717, 1.165) is 51.3 Å². The molecule has 2 rings (SSSR count). The number of likely N-dealkylation sites (tertiary alicyclic amines) is 1. The van der Waals surface area contributed by atoms with Crippen LogP contribution in [0.3, 0.4) is 0 Å². The molecule has 1 N–H and O–H groups in total. The van der Waals surface area contributed by atoms with Crippen LogP contribution in [0.15, 0.2) is 4.99 Å². The predicted molar refractivity (Wildman–Crippen MR) is 76.5 cm³/mol. The van der Waals surface area contributed by atoms with Crippen molar-refractivity contribution in [1.82, 2.24) is 10.2 Å². The second-order valence-electron chi connectivity index (χ2n) is 5.55. The van der Waals surface area contributed by atoms with Gasteiger partial charge in [0.1, 0.15) is 0 Å². The van der Waals surface area contributed by atoms with Crippen molar-refractivity contribution >= 4 is 5.96 Å². The van der Waals surface area contributed by atoms with Crippen molar-refractivity contribution in [2.75, 3.05) is 53.6 Å². The molecule has 5 nitrogen and oxygen atoms in total. The van der Waals surface area contributed by atoms with Gasteiger partial charge in [-0.15, -0.1) is 0 Å². The van der Waals surface area contributed by atoms with Gasteiger partial charge in [-0.2, -0.15) is 0 Å². The van der Waals surface area contributed by atoms with Gasteiger partial charge in [0.25, 0.3) is 0 Å². The van der Waals surface area contributed by atoms with Crippen molar-refractivity contribution in [2.24, 2.45) is 16.8 Å². The van der Waals surface area contributed by atoms with Crippen LogP contribution in [0.25, 0.3) is 0 Å². The molecule has 19 heavy (non-hydrogen) atoms. The van der Waals surface area contributed by atoms with E-state index in [1.807, 2.05) is 7.05 Å². The van der Waals surface area contributed by atoms with Gasteiger partial charge in [0, 0.05) is 46.3 Å². The Hall–Kier alpha value is -0.810. The molecule has 0 aromatic rings. The number of hydrogen-bond donors (Lipinski definition) is 1. The minimum atomic E-state index is 0.634. The maximum absolute atomic E-state index is 5.62. The van der Waals surface area contributed by atoms with Crippen molar-refractivity contribution in [3.8, 4) is 0 Å². The largest absolute Gasteiger partial charge is 0.384 e. The molecule has 0 amide bonds. The van der Waals surface area contributed by atoms with Crippen molar-refractivity contribution < 1.29 is 9.47 Å². The van der Waals surface area contributed by atoms with Crippen LogP contribution in [0, 0.1) is 11.8 Å². The molecule has 0 spiro atoms. The van der Waals surface area contributed by atoms with E-state index < -0.39 is 0 Å². The van der Waals surface area contributed by atoms with Gasteiger partial charge in [-0.25, -0.2) is 0 Å². The SMILES string of the molecule is CN=C(NCCOCC1CC1)N1CCC(COC)C1. The molecule has 1 unspecified atom stereocenters. The third-order valence-electron chi connectivity index (χ3n) is 3.78. The number of ether oxygens (including phenoxy) is 2. The zero-order valence-electron chi connectivity index (χ0n) is 12.2. The van der Waals surface area contributed by atoms with Gasteiger partial charge in [-0.3, -0.25) is 4.99 Å². The number of hydrogen-bond acceptors (Lipinski definition) is 3. The standard InChI is InChI=1S/C14H27N3O2/c1-15-14(16-6-8-19-11-12-3-4-12)17-7-5-13(9-17)10-18-2/h12-13H,3-11H2,1-2H3,(H,15,16). The van der Waals surface area contributed by atoms with Crippen molar-refractivity contribution in [3.63, 3.8) is 0 Å². The van der Waals surface area contributed by atoms with Gasteiger partial charge in [0.2, 0.25) is 0 Å². The zero-order valence-corrected chi connectivity index (χ0v) is 12.2. The Kier molecular flexibility index (Phi) is 5.92. The van der Waals surface area contributed by atoms with Crippen molar-refractivity contribution in [2.45, 2.75) is 19.3 Å². The first kappa shape index (κ1) is 14.6. The minimum Gasteiger partial charge on any atom is -0.384 e. The van der Waals surface area contributed by atoms with Crippen molar-refractivity contribution in [3.05, 3.63) is 0 Å². The van der Waals surface area contributed by atoms with E-state index in [1.165, 1.54) is 19.3 Å². The first-order valence-electron chi connectivity index (χ1n) is 7.35. The summed E-state index contributed by atoms with van der Waals surface area (Å²) in [6.45, 7) is 5.49. The van der Waals surface area contributed by atoms with E-state index in [0.29, 0.717) is 5.92 Å². The molecule has 0 bridgehead atoms. The Balaban J connectivity index is 1.59. The van der Waals surface area contributed by atoms with E-state index in [1.54, 1.807) is 7.11 Å². The van der Waals surface area contributed by atoms with Crippen LogP contribution in [-0.2, 0) is 9.47 Å². The Labute approximate surface area is 116 Å². The van der Waals surface area contributed by atoms with E-state index in [4.69, 9.17) is 9.47 Å². The fraction of sp³-hybridized carbons (Fsp3) is 0.929. The summed E-state index contributed by atoms with van der Waals surface area (Å²) >= 11 is 0. The highest BCUT2D eigenvalue weighted by molar-refractivity contribution is 5.80. The average Bonchev–Trinajstić information content (AvgIpc) is 3.13. The highest BCUT2D eigenvalue weighted by atomic mass is 16.5. The Morgan fingerprint density at radius 3 is 2.79 bits per heavy atom. The second kappa shape index (κ2) is 7.70. The molecule has 0 aromatic carbocycles.